The number of aryl methyl sites for hydroxylation is 2. The zero-order chi connectivity index (χ0) is 15.1. The number of rotatable bonds is 2. The van der Waals surface area contributed by atoms with Gasteiger partial charge >= 0.3 is 0 Å². The number of nitrogens with one attached hydrogen (secondary N) is 1. The van der Waals surface area contributed by atoms with Crippen LogP contribution in [-0.4, -0.2) is 36.1 Å². The Kier molecular flexibility index (Phi) is 3.66. The van der Waals surface area contributed by atoms with Gasteiger partial charge in [-0.25, -0.2) is 4.98 Å². The first-order valence-corrected chi connectivity index (χ1v) is 9.08. The Bertz CT molecular complexity index is 695. The van der Waals surface area contributed by atoms with Crippen LogP contribution >= 0.6 is 11.3 Å². The summed E-state index contributed by atoms with van der Waals surface area (Å²) >= 11 is 1.90. The standard InChI is InChI=1S/C16H23N5S/c1-18-10-7-8-21(9-10)15-14-13(19-16(17)20-15)11-5-3-2-4-6-12(11)22-14/h10,18H,2-9H2,1H3,(H2,17,19,20)/t10-/m0/s1. The molecule has 0 unspecified atom stereocenters. The fourth-order valence-corrected chi connectivity index (χ4v) is 5.04. The van der Waals surface area contributed by atoms with Crippen LogP contribution in [0.3, 0.4) is 0 Å². The van der Waals surface area contributed by atoms with E-state index < -0.39 is 0 Å². The summed E-state index contributed by atoms with van der Waals surface area (Å²) in [5, 5.41) is 3.37. The molecule has 118 valence electrons. The Labute approximate surface area is 134 Å². The van der Waals surface area contributed by atoms with Crippen LogP contribution in [0, 0.1) is 0 Å². The number of hydrogen-bond donors (Lipinski definition) is 2. The molecule has 2 aromatic rings. The summed E-state index contributed by atoms with van der Waals surface area (Å²) in [6, 6.07) is 0.545. The third kappa shape index (κ3) is 2.34. The molecule has 1 aliphatic carbocycles. The minimum atomic E-state index is 0.417. The monoisotopic (exact) mass is 317 g/mol. The number of nitrogen functional groups attached to an aromatic ring is 1. The molecule has 1 saturated heterocycles. The lowest BCUT2D eigenvalue weighted by atomic mass is 10.1. The number of nitrogens with two attached hydrogens (primary N) is 1. The summed E-state index contributed by atoms with van der Waals surface area (Å²) in [6.45, 7) is 2.05. The van der Waals surface area contributed by atoms with Crippen LogP contribution in [0.25, 0.3) is 10.2 Å². The van der Waals surface area contributed by atoms with E-state index in [9.17, 15) is 0 Å². The molecule has 1 aliphatic heterocycles. The van der Waals surface area contributed by atoms with Gasteiger partial charge in [-0.1, -0.05) is 6.42 Å². The third-order valence-corrected chi connectivity index (χ3v) is 6.22. The molecule has 1 fully saturated rings. The fourth-order valence-electron chi connectivity index (χ4n) is 3.70. The van der Waals surface area contributed by atoms with Gasteiger partial charge in [0, 0.05) is 24.0 Å². The molecule has 5 nitrogen and oxygen atoms in total. The van der Waals surface area contributed by atoms with E-state index in [2.05, 4.69) is 20.2 Å². The van der Waals surface area contributed by atoms with Crippen molar-refractivity contribution in [2.75, 3.05) is 30.8 Å². The van der Waals surface area contributed by atoms with E-state index in [1.54, 1.807) is 0 Å². The van der Waals surface area contributed by atoms with Crippen molar-refractivity contribution in [3.05, 3.63) is 10.4 Å². The van der Waals surface area contributed by atoms with E-state index in [0.29, 0.717) is 12.0 Å². The van der Waals surface area contributed by atoms with Gasteiger partial charge in [0.25, 0.3) is 0 Å². The van der Waals surface area contributed by atoms with Crippen molar-refractivity contribution >= 4 is 33.3 Å². The highest BCUT2D eigenvalue weighted by Crippen LogP contribution is 2.39. The molecule has 3 N–H and O–H groups in total. The summed E-state index contributed by atoms with van der Waals surface area (Å²) in [6.07, 6.45) is 7.38. The number of nitrogens with zero attached hydrogens (tertiary/aromatic N) is 3. The average Bonchev–Trinajstić information content (AvgIpc) is 3.05. The lowest BCUT2D eigenvalue weighted by Gasteiger charge is -2.18. The van der Waals surface area contributed by atoms with Crippen LogP contribution in [0.1, 0.15) is 36.1 Å². The van der Waals surface area contributed by atoms with Crippen molar-refractivity contribution in [1.29, 1.82) is 0 Å². The fraction of sp³-hybridized carbons (Fsp3) is 0.625. The van der Waals surface area contributed by atoms with E-state index >= 15 is 0 Å². The van der Waals surface area contributed by atoms with Crippen molar-refractivity contribution < 1.29 is 0 Å². The Morgan fingerprint density at radius 3 is 2.91 bits per heavy atom. The second-order valence-electron chi connectivity index (χ2n) is 6.37. The molecule has 4 rings (SSSR count). The Balaban J connectivity index is 1.81. The van der Waals surface area contributed by atoms with Gasteiger partial charge in [0.2, 0.25) is 5.95 Å². The number of fused-ring (bicyclic) bond motifs is 3. The maximum Gasteiger partial charge on any atom is 0.222 e. The predicted octanol–water partition coefficient (Wildman–Crippen LogP) is 2.34. The van der Waals surface area contributed by atoms with E-state index in [4.69, 9.17) is 5.73 Å². The maximum atomic E-state index is 6.03. The second-order valence-corrected chi connectivity index (χ2v) is 7.47. The molecule has 0 saturated carbocycles. The largest absolute Gasteiger partial charge is 0.368 e. The lowest BCUT2D eigenvalue weighted by Crippen LogP contribution is -2.30. The number of aromatic nitrogens is 2. The van der Waals surface area contributed by atoms with E-state index in [1.165, 1.54) is 40.8 Å². The molecule has 6 heteroatoms. The zero-order valence-electron chi connectivity index (χ0n) is 13.1. The second kappa shape index (κ2) is 5.66. The summed E-state index contributed by atoms with van der Waals surface area (Å²) in [7, 11) is 2.03. The zero-order valence-corrected chi connectivity index (χ0v) is 13.9. The molecule has 0 amide bonds. The molecular weight excluding hydrogens is 294 g/mol. The predicted molar refractivity (Wildman–Crippen MR) is 92.8 cm³/mol. The quantitative estimate of drug-likeness (QED) is 0.832. The molecular formula is C16H23N5S. The first-order chi connectivity index (χ1) is 10.8. The molecule has 0 bridgehead atoms. The topological polar surface area (TPSA) is 67.1 Å². The SMILES string of the molecule is CN[C@H]1CCN(c2nc(N)nc3c4c(sc23)CCCCC4)C1. The lowest BCUT2D eigenvalue weighted by molar-refractivity contribution is 0.616. The highest BCUT2D eigenvalue weighted by Gasteiger charge is 2.27. The number of thiophene rings is 1. The van der Waals surface area contributed by atoms with Gasteiger partial charge in [-0.3, -0.25) is 0 Å². The molecule has 1 atom stereocenters. The number of anilines is 2. The van der Waals surface area contributed by atoms with Crippen LogP contribution in [0.2, 0.25) is 0 Å². The van der Waals surface area contributed by atoms with Gasteiger partial charge in [-0.2, -0.15) is 4.98 Å². The smallest absolute Gasteiger partial charge is 0.222 e. The highest BCUT2D eigenvalue weighted by atomic mass is 32.1. The normalized spacial score (nSPS) is 22.0. The van der Waals surface area contributed by atoms with E-state index in [1.807, 2.05) is 18.4 Å². The summed E-state index contributed by atoms with van der Waals surface area (Å²) in [5.74, 6) is 1.47. The number of likely N-dealkylation sites (N-methyl/N-ethyl adjacent to an activating group) is 1. The van der Waals surface area contributed by atoms with Gasteiger partial charge < -0.3 is 16.0 Å². The van der Waals surface area contributed by atoms with Crippen LogP contribution < -0.4 is 16.0 Å². The van der Waals surface area contributed by atoms with Crippen molar-refractivity contribution in [3.8, 4) is 0 Å². The minimum absolute atomic E-state index is 0.417. The summed E-state index contributed by atoms with van der Waals surface area (Å²) in [5.41, 5.74) is 8.60. The van der Waals surface area contributed by atoms with Crippen LogP contribution in [0.15, 0.2) is 0 Å². The Morgan fingerprint density at radius 1 is 1.23 bits per heavy atom. The van der Waals surface area contributed by atoms with Crippen molar-refractivity contribution in [1.82, 2.24) is 15.3 Å². The first-order valence-electron chi connectivity index (χ1n) is 8.26. The van der Waals surface area contributed by atoms with Crippen LogP contribution in [0.5, 0.6) is 0 Å². The Hall–Kier alpha value is -1.40. The van der Waals surface area contributed by atoms with Crippen LogP contribution in [0.4, 0.5) is 11.8 Å². The number of hydrogen-bond acceptors (Lipinski definition) is 6. The molecule has 0 spiro atoms. The van der Waals surface area contributed by atoms with E-state index in [-0.39, 0.29) is 0 Å². The maximum absolute atomic E-state index is 6.03. The van der Waals surface area contributed by atoms with Crippen LogP contribution in [-0.2, 0) is 12.8 Å². The Morgan fingerprint density at radius 2 is 2.09 bits per heavy atom. The van der Waals surface area contributed by atoms with Gasteiger partial charge in [-0.15, -0.1) is 11.3 Å². The molecule has 0 radical (unpaired) electrons. The molecule has 2 aliphatic rings. The van der Waals surface area contributed by atoms with E-state index in [0.717, 1.165) is 37.3 Å². The van der Waals surface area contributed by atoms with Crippen molar-refractivity contribution in [2.24, 2.45) is 0 Å². The summed E-state index contributed by atoms with van der Waals surface area (Å²) < 4.78 is 1.25. The molecule has 3 heterocycles. The van der Waals surface area contributed by atoms with Gasteiger partial charge in [0.1, 0.15) is 0 Å². The van der Waals surface area contributed by atoms with Gasteiger partial charge in [0.05, 0.1) is 10.2 Å². The van der Waals surface area contributed by atoms with Gasteiger partial charge in [-0.05, 0) is 44.7 Å². The first kappa shape index (κ1) is 14.2. The van der Waals surface area contributed by atoms with Gasteiger partial charge in [0.15, 0.2) is 5.82 Å². The highest BCUT2D eigenvalue weighted by molar-refractivity contribution is 7.19. The minimum Gasteiger partial charge on any atom is -0.368 e. The van der Waals surface area contributed by atoms with Crippen molar-refractivity contribution in [2.45, 2.75) is 44.6 Å². The molecule has 22 heavy (non-hydrogen) atoms. The third-order valence-electron chi connectivity index (χ3n) is 4.94. The summed E-state index contributed by atoms with van der Waals surface area (Å²) in [4.78, 5) is 13.1. The molecule has 2 aromatic heterocycles. The van der Waals surface area contributed by atoms with Crippen molar-refractivity contribution in [3.63, 3.8) is 0 Å². The molecule has 0 aromatic carbocycles. The average molecular weight is 317 g/mol.